The quantitative estimate of drug-likeness (QED) is 0.312. The Morgan fingerprint density at radius 3 is 2.29 bits per heavy atom. The second-order valence-corrected chi connectivity index (χ2v) is 6.21. The van der Waals surface area contributed by atoms with Gasteiger partial charge in [0, 0.05) is 32.4 Å². The van der Waals surface area contributed by atoms with Crippen LogP contribution in [0.2, 0.25) is 0 Å². The first-order valence-corrected chi connectivity index (χ1v) is 9.50. The largest absolute Gasteiger partial charge is 0.497 e. The molecular weight excluding hydrogens is 354 g/mol. The Labute approximate surface area is 167 Å². The van der Waals surface area contributed by atoms with Crippen molar-refractivity contribution in [1.29, 1.82) is 0 Å². The van der Waals surface area contributed by atoms with Crippen molar-refractivity contribution in [2.45, 2.75) is 20.3 Å². The molecule has 0 unspecified atom stereocenters. The van der Waals surface area contributed by atoms with Crippen molar-refractivity contribution in [2.24, 2.45) is 4.99 Å². The van der Waals surface area contributed by atoms with Crippen LogP contribution in [0.4, 0.5) is 0 Å². The topological polar surface area (TPSA) is 54.4 Å². The number of amidine groups is 1. The third-order valence-corrected chi connectivity index (χ3v) is 4.31. The van der Waals surface area contributed by atoms with Gasteiger partial charge in [-0.25, -0.2) is 4.99 Å². The summed E-state index contributed by atoms with van der Waals surface area (Å²) in [5.74, 6) is 2.93. The van der Waals surface area contributed by atoms with Gasteiger partial charge in [0.25, 0.3) is 0 Å². The Morgan fingerprint density at radius 2 is 1.75 bits per heavy atom. The van der Waals surface area contributed by atoms with E-state index in [1.54, 1.807) is 18.2 Å². The third-order valence-electron chi connectivity index (χ3n) is 4.31. The monoisotopic (exact) mass is 383 g/mol. The maximum atomic E-state index is 11.8. The Hall–Kier alpha value is -3.02. The fourth-order valence-corrected chi connectivity index (χ4v) is 2.85. The number of ether oxygens (including phenoxy) is 2. The highest BCUT2D eigenvalue weighted by Gasteiger charge is 2.24. The van der Waals surface area contributed by atoms with E-state index in [9.17, 15) is 4.79 Å². The maximum absolute atomic E-state index is 11.8. The molecular formula is C22H29N3O3. The van der Waals surface area contributed by atoms with Crippen LogP contribution in [0.3, 0.4) is 0 Å². The third kappa shape index (κ3) is 5.74. The van der Waals surface area contributed by atoms with Crippen LogP contribution >= 0.6 is 0 Å². The zero-order chi connectivity index (χ0) is 20.4. The van der Waals surface area contributed by atoms with E-state index in [2.05, 4.69) is 23.4 Å². The molecule has 1 saturated heterocycles. The number of piperazine rings is 1. The second kappa shape index (κ2) is 11.0. The molecule has 2 rings (SSSR count). The number of hydrogen-bond donors (Lipinski definition) is 0. The zero-order valence-corrected chi connectivity index (χ0v) is 16.9. The number of nitrogens with zero attached hydrogens (tertiary/aromatic N) is 3. The minimum Gasteiger partial charge on any atom is -0.497 e. The van der Waals surface area contributed by atoms with E-state index in [0.29, 0.717) is 37.7 Å². The van der Waals surface area contributed by atoms with Gasteiger partial charge in [0.15, 0.2) is 11.6 Å². The summed E-state index contributed by atoms with van der Waals surface area (Å²) in [5.41, 5.74) is 0. The lowest BCUT2D eigenvalue weighted by molar-refractivity contribution is -0.127. The van der Waals surface area contributed by atoms with Crippen LogP contribution in [-0.2, 0) is 4.79 Å². The Morgan fingerprint density at radius 1 is 1.14 bits per heavy atom. The fraction of sp³-hybridized carbons (Fsp3) is 0.364. The summed E-state index contributed by atoms with van der Waals surface area (Å²) in [5, 5.41) is 0. The van der Waals surface area contributed by atoms with Crippen molar-refractivity contribution in [3.8, 4) is 11.5 Å². The van der Waals surface area contributed by atoms with E-state index >= 15 is 0 Å². The second-order valence-electron chi connectivity index (χ2n) is 6.21. The van der Waals surface area contributed by atoms with Gasteiger partial charge in [-0.3, -0.25) is 4.79 Å². The van der Waals surface area contributed by atoms with Crippen molar-refractivity contribution >= 4 is 11.7 Å². The standard InChI is InChI=1S/C22H29N3O3/c1-5-8-20(28-19-11-9-18(27-4)10-12-19)22(23-13-6-2)25-16-14-24(15-17-25)21(26)7-3/h6-13H,3,5,14-17H2,1-2,4H3/b13-6-,20-8-,23-22+. The lowest BCUT2D eigenvalue weighted by Crippen LogP contribution is -2.50. The van der Waals surface area contributed by atoms with Crippen LogP contribution in [0.1, 0.15) is 20.3 Å². The van der Waals surface area contributed by atoms with Crippen molar-refractivity contribution in [3.63, 3.8) is 0 Å². The lowest BCUT2D eigenvalue weighted by Gasteiger charge is -2.36. The molecule has 6 heteroatoms. The summed E-state index contributed by atoms with van der Waals surface area (Å²) < 4.78 is 11.4. The number of methoxy groups -OCH3 is 1. The smallest absolute Gasteiger partial charge is 0.246 e. The molecule has 1 amide bonds. The van der Waals surface area contributed by atoms with E-state index in [4.69, 9.17) is 9.47 Å². The number of aliphatic imine (C=N–C) groups is 1. The summed E-state index contributed by atoms with van der Waals surface area (Å²) >= 11 is 0. The molecule has 0 spiro atoms. The summed E-state index contributed by atoms with van der Waals surface area (Å²) in [4.78, 5) is 20.4. The van der Waals surface area contributed by atoms with Crippen molar-refractivity contribution in [1.82, 2.24) is 9.80 Å². The molecule has 1 aromatic carbocycles. The number of rotatable bonds is 7. The molecule has 0 atom stereocenters. The summed E-state index contributed by atoms with van der Waals surface area (Å²) in [6.07, 6.45) is 7.84. The van der Waals surface area contributed by atoms with E-state index in [1.807, 2.05) is 43.3 Å². The molecule has 0 aromatic heterocycles. The number of allylic oxidation sites excluding steroid dienone is 2. The van der Waals surface area contributed by atoms with Gasteiger partial charge < -0.3 is 19.3 Å². The van der Waals surface area contributed by atoms with Gasteiger partial charge >= 0.3 is 0 Å². The fourth-order valence-electron chi connectivity index (χ4n) is 2.85. The zero-order valence-electron chi connectivity index (χ0n) is 16.9. The highest BCUT2D eigenvalue weighted by molar-refractivity contribution is 5.97. The average Bonchev–Trinajstić information content (AvgIpc) is 2.74. The number of hydrogen-bond acceptors (Lipinski definition) is 4. The Balaban J connectivity index is 2.21. The highest BCUT2D eigenvalue weighted by Crippen LogP contribution is 2.21. The van der Waals surface area contributed by atoms with Crippen molar-refractivity contribution in [3.05, 3.63) is 61.0 Å². The Kier molecular flexibility index (Phi) is 8.34. The van der Waals surface area contributed by atoms with Gasteiger partial charge in [0.2, 0.25) is 5.91 Å². The van der Waals surface area contributed by atoms with Gasteiger partial charge in [-0.2, -0.15) is 0 Å². The van der Waals surface area contributed by atoms with Crippen LogP contribution in [0.15, 0.2) is 66.0 Å². The van der Waals surface area contributed by atoms with Crippen LogP contribution in [0.25, 0.3) is 0 Å². The summed E-state index contributed by atoms with van der Waals surface area (Å²) in [7, 11) is 1.64. The molecule has 0 aliphatic carbocycles. The molecule has 28 heavy (non-hydrogen) atoms. The maximum Gasteiger partial charge on any atom is 0.246 e. The normalized spacial score (nSPS) is 15.7. The molecule has 150 valence electrons. The molecule has 0 saturated carbocycles. The molecule has 1 heterocycles. The van der Waals surface area contributed by atoms with Crippen molar-refractivity contribution in [2.75, 3.05) is 33.3 Å². The Bertz CT molecular complexity index is 743. The predicted molar refractivity (Wildman–Crippen MR) is 113 cm³/mol. The van der Waals surface area contributed by atoms with Gasteiger partial charge in [0.05, 0.1) is 7.11 Å². The molecule has 1 aromatic rings. The molecule has 1 aliphatic heterocycles. The first-order chi connectivity index (χ1) is 13.6. The molecule has 0 bridgehead atoms. The number of benzene rings is 1. The highest BCUT2D eigenvalue weighted by atomic mass is 16.5. The minimum absolute atomic E-state index is 0.0367. The van der Waals surface area contributed by atoms with E-state index < -0.39 is 0 Å². The predicted octanol–water partition coefficient (Wildman–Crippen LogP) is 3.63. The summed E-state index contributed by atoms with van der Waals surface area (Å²) in [6, 6.07) is 7.47. The van der Waals surface area contributed by atoms with Gasteiger partial charge in [-0.05, 0) is 49.8 Å². The number of carbonyl (C=O) groups excluding carboxylic acids is 1. The van der Waals surface area contributed by atoms with Crippen molar-refractivity contribution < 1.29 is 14.3 Å². The van der Waals surface area contributed by atoms with E-state index in [0.717, 1.165) is 18.0 Å². The van der Waals surface area contributed by atoms with Crippen LogP contribution in [0, 0.1) is 0 Å². The number of carbonyl (C=O) groups is 1. The molecule has 0 N–H and O–H groups in total. The van der Waals surface area contributed by atoms with Gasteiger partial charge in [-0.1, -0.05) is 19.6 Å². The molecule has 1 fully saturated rings. The molecule has 1 aliphatic rings. The first-order valence-electron chi connectivity index (χ1n) is 9.50. The summed E-state index contributed by atoms with van der Waals surface area (Å²) in [6.45, 7) is 10.2. The molecule has 6 nitrogen and oxygen atoms in total. The lowest BCUT2D eigenvalue weighted by atomic mass is 10.2. The van der Waals surface area contributed by atoms with E-state index in [-0.39, 0.29) is 5.91 Å². The average molecular weight is 383 g/mol. The van der Waals surface area contributed by atoms with Crippen LogP contribution in [0.5, 0.6) is 11.5 Å². The van der Waals surface area contributed by atoms with Gasteiger partial charge in [0.1, 0.15) is 11.5 Å². The van der Waals surface area contributed by atoms with E-state index in [1.165, 1.54) is 6.08 Å². The SMILES string of the molecule is C=CC(=O)N1CCN(C(=N/C=C\C)/C(=C/CC)Oc2ccc(OC)cc2)CC1. The van der Waals surface area contributed by atoms with Crippen LogP contribution in [-0.4, -0.2) is 54.8 Å². The molecule has 0 radical (unpaired) electrons. The first kappa shape index (κ1) is 21.3. The van der Waals surface area contributed by atoms with Crippen LogP contribution < -0.4 is 9.47 Å². The number of amides is 1. The minimum atomic E-state index is -0.0367. The van der Waals surface area contributed by atoms with Gasteiger partial charge in [-0.15, -0.1) is 0 Å².